The fourth-order valence-corrected chi connectivity index (χ4v) is 2.36. The Bertz CT molecular complexity index is 608. The van der Waals surface area contributed by atoms with Gasteiger partial charge < -0.3 is 10.1 Å². The molecule has 0 bridgehead atoms. The quantitative estimate of drug-likeness (QED) is 0.674. The molecule has 0 spiro atoms. The Hall–Kier alpha value is -0.970. The molecule has 0 unspecified atom stereocenters. The molecule has 1 N–H and O–H groups in total. The van der Waals surface area contributed by atoms with Crippen LogP contribution < -0.4 is 10.1 Å². The van der Waals surface area contributed by atoms with Gasteiger partial charge >= 0.3 is 0 Å². The molecule has 106 valence electrons. The molecule has 20 heavy (non-hydrogen) atoms. The Morgan fingerprint density at radius 2 is 2.05 bits per heavy atom. The van der Waals surface area contributed by atoms with Gasteiger partial charge in [0, 0.05) is 29.3 Å². The molecule has 1 aromatic carbocycles. The maximum Gasteiger partial charge on any atom is 0.147 e. The summed E-state index contributed by atoms with van der Waals surface area (Å²) in [5.41, 5.74) is 0. The number of rotatable bonds is 5. The van der Waals surface area contributed by atoms with Crippen LogP contribution in [0.1, 0.15) is 13.3 Å². The Balaban J connectivity index is 2.19. The zero-order chi connectivity index (χ0) is 14.5. The van der Waals surface area contributed by atoms with Gasteiger partial charge in [0.25, 0.3) is 0 Å². The lowest BCUT2D eigenvalue weighted by atomic mass is 10.3. The third-order valence-electron chi connectivity index (χ3n) is 2.49. The van der Waals surface area contributed by atoms with Crippen LogP contribution in [0.25, 0.3) is 0 Å². The highest BCUT2D eigenvalue weighted by atomic mass is 79.9. The van der Waals surface area contributed by atoms with Gasteiger partial charge in [0.1, 0.15) is 17.3 Å². The van der Waals surface area contributed by atoms with Gasteiger partial charge in [0.05, 0.1) is 10.0 Å². The van der Waals surface area contributed by atoms with Crippen molar-refractivity contribution in [2.24, 2.45) is 0 Å². The molecule has 0 aliphatic rings. The van der Waals surface area contributed by atoms with E-state index in [2.05, 4.69) is 33.2 Å². The van der Waals surface area contributed by atoms with E-state index in [1.807, 2.05) is 6.07 Å². The van der Waals surface area contributed by atoms with Crippen LogP contribution >= 0.6 is 39.1 Å². The highest BCUT2D eigenvalue weighted by Crippen LogP contribution is 2.36. The first-order chi connectivity index (χ1) is 9.60. The van der Waals surface area contributed by atoms with Gasteiger partial charge in [0.15, 0.2) is 0 Å². The van der Waals surface area contributed by atoms with Gasteiger partial charge in [-0.25, -0.2) is 4.98 Å². The van der Waals surface area contributed by atoms with E-state index in [1.165, 1.54) is 0 Å². The summed E-state index contributed by atoms with van der Waals surface area (Å²) in [6.07, 6.45) is 2.71. The highest BCUT2D eigenvalue weighted by Gasteiger charge is 2.08. The maximum absolute atomic E-state index is 6.13. The SMILES string of the molecule is CCCNc1cc(Oc2cc(Cl)c(Br)cc2Cl)ccn1. The first kappa shape index (κ1) is 15.4. The molecule has 0 amide bonds. The second-order valence-electron chi connectivity index (χ2n) is 4.10. The number of hydrogen-bond acceptors (Lipinski definition) is 3. The topological polar surface area (TPSA) is 34.1 Å². The normalized spacial score (nSPS) is 10.4. The van der Waals surface area contributed by atoms with Crippen LogP contribution in [-0.4, -0.2) is 11.5 Å². The predicted molar refractivity (Wildman–Crippen MR) is 87.3 cm³/mol. The number of benzene rings is 1. The first-order valence-corrected chi connectivity index (χ1v) is 7.67. The van der Waals surface area contributed by atoms with Crippen LogP contribution in [0.5, 0.6) is 11.5 Å². The largest absolute Gasteiger partial charge is 0.456 e. The van der Waals surface area contributed by atoms with Crippen LogP contribution in [0.3, 0.4) is 0 Å². The van der Waals surface area contributed by atoms with Gasteiger partial charge in [-0.15, -0.1) is 0 Å². The molecule has 0 fully saturated rings. The highest BCUT2D eigenvalue weighted by molar-refractivity contribution is 9.10. The fraction of sp³-hybridized carbons (Fsp3) is 0.214. The summed E-state index contributed by atoms with van der Waals surface area (Å²) >= 11 is 15.5. The van der Waals surface area contributed by atoms with Crippen LogP contribution in [0, 0.1) is 0 Å². The van der Waals surface area contributed by atoms with E-state index in [4.69, 9.17) is 27.9 Å². The summed E-state index contributed by atoms with van der Waals surface area (Å²) in [5, 5.41) is 4.23. The van der Waals surface area contributed by atoms with E-state index in [-0.39, 0.29) is 0 Å². The zero-order valence-corrected chi connectivity index (χ0v) is 13.9. The van der Waals surface area contributed by atoms with Crippen LogP contribution in [-0.2, 0) is 0 Å². The van der Waals surface area contributed by atoms with Crippen LogP contribution in [0.4, 0.5) is 5.82 Å². The first-order valence-electron chi connectivity index (χ1n) is 6.12. The second kappa shape index (κ2) is 7.16. The smallest absolute Gasteiger partial charge is 0.147 e. The molecular formula is C14H13BrCl2N2O. The van der Waals surface area contributed by atoms with Crippen molar-refractivity contribution >= 4 is 44.9 Å². The van der Waals surface area contributed by atoms with E-state index in [9.17, 15) is 0 Å². The maximum atomic E-state index is 6.13. The van der Waals surface area contributed by atoms with Gasteiger partial charge in [-0.3, -0.25) is 0 Å². The monoisotopic (exact) mass is 374 g/mol. The van der Waals surface area contributed by atoms with Gasteiger partial charge in [-0.2, -0.15) is 0 Å². The summed E-state index contributed by atoms with van der Waals surface area (Å²) in [4.78, 5) is 4.21. The molecule has 2 rings (SSSR count). The van der Waals surface area contributed by atoms with Gasteiger partial charge in [0.2, 0.25) is 0 Å². The molecule has 0 aliphatic carbocycles. The zero-order valence-electron chi connectivity index (χ0n) is 10.8. The molecule has 0 saturated carbocycles. The van der Waals surface area contributed by atoms with Gasteiger partial charge in [-0.05, 0) is 34.5 Å². The molecular weight excluding hydrogens is 363 g/mol. The van der Waals surface area contributed by atoms with Crippen molar-refractivity contribution in [3.05, 3.63) is 45.0 Å². The predicted octanol–water partition coefficient (Wildman–Crippen LogP) is 5.77. The number of pyridine rings is 1. The average molecular weight is 376 g/mol. The minimum atomic E-state index is 0.487. The molecule has 1 heterocycles. The number of anilines is 1. The van der Waals surface area contributed by atoms with Crippen LogP contribution in [0.15, 0.2) is 34.9 Å². The Morgan fingerprint density at radius 3 is 2.80 bits per heavy atom. The number of hydrogen-bond donors (Lipinski definition) is 1. The van der Waals surface area contributed by atoms with E-state index in [0.717, 1.165) is 23.3 Å². The van der Waals surface area contributed by atoms with Crippen molar-refractivity contribution in [2.45, 2.75) is 13.3 Å². The minimum Gasteiger partial charge on any atom is -0.456 e. The summed E-state index contributed by atoms with van der Waals surface area (Å²) < 4.78 is 6.48. The summed E-state index contributed by atoms with van der Waals surface area (Å²) in [6, 6.07) is 6.97. The minimum absolute atomic E-state index is 0.487. The summed E-state index contributed by atoms with van der Waals surface area (Å²) in [7, 11) is 0. The van der Waals surface area contributed by atoms with Crippen molar-refractivity contribution in [3.8, 4) is 11.5 Å². The number of halogens is 3. The van der Waals surface area contributed by atoms with E-state index in [0.29, 0.717) is 21.5 Å². The molecule has 2 aromatic rings. The Kier molecular flexibility index (Phi) is 5.52. The molecule has 0 saturated heterocycles. The number of nitrogens with one attached hydrogen (secondary N) is 1. The second-order valence-corrected chi connectivity index (χ2v) is 5.77. The molecule has 6 heteroatoms. The van der Waals surface area contributed by atoms with Crippen molar-refractivity contribution in [3.63, 3.8) is 0 Å². The van der Waals surface area contributed by atoms with E-state index in [1.54, 1.807) is 24.4 Å². The Morgan fingerprint density at radius 1 is 1.25 bits per heavy atom. The van der Waals surface area contributed by atoms with Crippen molar-refractivity contribution in [2.75, 3.05) is 11.9 Å². The standard InChI is InChI=1S/C14H13BrCl2N2O/c1-2-4-18-14-6-9(3-5-19-14)20-13-8-11(16)10(15)7-12(13)17/h3,5-8H,2,4H2,1H3,(H,18,19). The van der Waals surface area contributed by atoms with E-state index >= 15 is 0 Å². The molecule has 3 nitrogen and oxygen atoms in total. The average Bonchev–Trinajstić information content (AvgIpc) is 2.43. The fourth-order valence-electron chi connectivity index (χ4n) is 1.53. The molecule has 0 atom stereocenters. The summed E-state index contributed by atoms with van der Waals surface area (Å²) in [5.74, 6) is 1.93. The number of nitrogens with zero attached hydrogens (tertiary/aromatic N) is 1. The number of aromatic nitrogens is 1. The number of ether oxygens (including phenoxy) is 1. The lowest BCUT2D eigenvalue weighted by Gasteiger charge is -2.10. The summed E-state index contributed by atoms with van der Waals surface area (Å²) in [6.45, 7) is 2.96. The lowest BCUT2D eigenvalue weighted by Crippen LogP contribution is -2.01. The van der Waals surface area contributed by atoms with Crippen LogP contribution in [0.2, 0.25) is 10.0 Å². The van der Waals surface area contributed by atoms with Crippen molar-refractivity contribution < 1.29 is 4.74 Å². The van der Waals surface area contributed by atoms with Gasteiger partial charge in [-0.1, -0.05) is 30.1 Å². The Labute approximate surface area is 136 Å². The third kappa shape index (κ3) is 4.01. The van der Waals surface area contributed by atoms with E-state index < -0.39 is 0 Å². The molecule has 0 aliphatic heterocycles. The third-order valence-corrected chi connectivity index (χ3v) is 3.98. The molecule has 0 radical (unpaired) electrons. The molecule has 1 aromatic heterocycles. The lowest BCUT2D eigenvalue weighted by molar-refractivity contribution is 0.482. The van der Waals surface area contributed by atoms with Crippen molar-refractivity contribution in [1.29, 1.82) is 0 Å². The van der Waals surface area contributed by atoms with Crippen molar-refractivity contribution in [1.82, 2.24) is 4.98 Å².